The number of sulfonamides is 1. The van der Waals surface area contributed by atoms with Crippen LogP contribution in [0.1, 0.15) is 44.1 Å². The van der Waals surface area contributed by atoms with Crippen LogP contribution in [0, 0.1) is 5.92 Å². The van der Waals surface area contributed by atoms with E-state index in [9.17, 15) is 13.2 Å². The highest BCUT2D eigenvalue weighted by Crippen LogP contribution is 2.32. The van der Waals surface area contributed by atoms with Gasteiger partial charge in [-0.05, 0) is 44.1 Å². The van der Waals surface area contributed by atoms with Crippen LogP contribution in [-0.2, 0) is 25.3 Å². The Labute approximate surface area is 186 Å². The molecule has 2 heterocycles. The average Bonchev–Trinajstić information content (AvgIpc) is 3.63. The van der Waals surface area contributed by atoms with Crippen LogP contribution in [0.5, 0.6) is 0 Å². The molecule has 0 bridgehead atoms. The van der Waals surface area contributed by atoms with Crippen LogP contribution in [0.2, 0.25) is 0 Å². The second-order valence-electron chi connectivity index (χ2n) is 9.05. The van der Waals surface area contributed by atoms with Crippen molar-refractivity contribution in [3.8, 4) is 0 Å². The maximum Gasteiger partial charge on any atom is 0.225 e. The predicted molar refractivity (Wildman–Crippen MR) is 120 cm³/mol. The smallest absolute Gasteiger partial charge is 0.225 e. The summed E-state index contributed by atoms with van der Waals surface area (Å²) in [5, 5.41) is 0. The van der Waals surface area contributed by atoms with E-state index in [1.807, 2.05) is 35.2 Å². The quantitative estimate of drug-likeness (QED) is 0.624. The fraction of sp³-hybridized carbons (Fsp3) is 0.696. The van der Waals surface area contributed by atoms with Crippen LogP contribution < -0.4 is 4.72 Å². The van der Waals surface area contributed by atoms with Crippen molar-refractivity contribution in [1.29, 1.82) is 0 Å². The molecule has 0 radical (unpaired) electrons. The van der Waals surface area contributed by atoms with E-state index >= 15 is 0 Å². The number of hydrogen-bond donors (Lipinski definition) is 1. The number of hydrogen-bond acceptors (Lipinski definition) is 5. The number of carbonyl (C=O) groups is 1. The highest BCUT2D eigenvalue weighted by Gasteiger charge is 2.37. The van der Waals surface area contributed by atoms with Gasteiger partial charge < -0.3 is 9.64 Å². The van der Waals surface area contributed by atoms with E-state index < -0.39 is 10.0 Å². The molecule has 8 heteroatoms. The Morgan fingerprint density at radius 3 is 2.29 bits per heavy atom. The van der Waals surface area contributed by atoms with Gasteiger partial charge in [-0.15, -0.1) is 0 Å². The van der Waals surface area contributed by atoms with Gasteiger partial charge in [0, 0.05) is 57.4 Å². The Bertz CT molecular complexity index is 814. The van der Waals surface area contributed by atoms with Crippen LogP contribution in [0.3, 0.4) is 0 Å². The second kappa shape index (κ2) is 10.4. The summed E-state index contributed by atoms with van der Waals surface area (Å²) in [6.45, 7) is 4.27. The Kier molecular flexibility index (Phi) is 7.63. The molecule has 0 atom stereocenters. The maximum absolute atomic E-state index is 12.5. The van der Waals surface area contributed by atoms with Gasteiger partial charge in [-0.25, -0.2) is 13.1 Å². The van der Waals surface area contributed by atoms with Gasteiger partial charge in [-0.2, -0.15) is 0 Å². The highest BCUT2D eigenvalue weighted by molar-refractivity contribution is 7.88. The Morgan fingerprint density at radius 1 is 1.00 bits per heavy atom. The van der Waals surface area contributed by atoms with Crippen molar-refractivity contribution in [3.63, 3.8) is 0 Å². The molecule has 1 N–H and O–H groups in total. The lowest BCUT2D eigenvalue weighted by atomic mass is 9.97. The minimum absolute atomic E-state index is 0.00672. The van der Waals surface area contributed by atoms with Crippen LogP contribution in [0.15, 0.2) is 30.3 Å². The third kappa shape index (κ3) is 6.51. The summed E-state index contributed by atoms with van der Waals surface area (Å²) in [6.07, 6.45) is 6.00. The molecular formula is C23H35N3O4S. The monoisotopic (exact) mass is 449 g/mol. The zero-order valence-corrected chi connectivity index (χ0v) is 19.1. The number of nitrogens with one attached hydrogen (secondary N) is 1. The van der Waals surface area contributed by atoms with Gasteiger partial charge in [0.15, 0.2) is 0 Å². The molecule has 3 aliphatic rings. The minimum atomic E-state index is -3.37. The number of likely N-dealkylation sites (tertiary alicyclic amines) is 1. The number of ether oxygens (including phenoxy) is 1. The Balaban J connectivity index is 1.31. The van der Waals surface area contributed by atoms with Crippen molar-refractivity contribution in [2.75, 3.05) is 39.4 Å². The fourth-order valence-electron chi connectivity index (χ4n) is 4.86. The molecule has 0 aromatic heterocycles. The normalized spacial score (nSPS) is 21.5. The number of benzene rings is 1. The largest absolute Gasteiger partial charge is 0.381 e. The molecule has 7 nitrogen and oxygen atoms in total. The van der Waals surface area contributed by atoms with Gasteiger partial charge in [-0.3, -0.25) is 9.69 Å². The van der Waals surface area contributed by atoms with Crippen LogP contribution in [0.4, 0.5) is 0 Å². The molecule has 1 amide bonds. The molecule has 0 spiro atoms. The van der Waals surface area contributed by atoms with E-state index in [-0.39, 0.29) is 11.7 Å². The van der Waals surface area contributed by atoms with Crippen molar-refractivity contribution in [1.82, 2.24) is 14.5 Å². The third-order valence-corrected chi connectivity index (χ3v) is 8.08. The molecule has 172 valence electrons. The first-order valence-electron chi connectivity index (χ1n) is 11.7. The van der Waals surface area contributed by atoms with Crippen LogP contribution in [0.25, 0.3) is 0 Å². The summed E-state index contributed by atoms with van der Waals surface area (Å²) in [4.78, 5) is 16.9. The van der Waals surface area contributed by atoms with E-state index in [1.54, 1.807) is 0 Å². The molecule has 1 aliphatic carbocycles. The first kappa shape index (κ1) is 22.7. The molecule has 1 aromatic rings. The van der Waals surface area contributed by atoms with Crippen molar-refractivity contribution >= 4 is 15.9 Å². The predicted octanol–water partition coefficient (Wildman–Crippen LogP) is 1.99. The van der Waals surface area contributed by atoms with Gasteiger partial charge in [0.2, 0.25) is 15.9 Å². The van der Waals surface area contributed by atoms with E-state index in [0.29, 0.717) is 31.1 Å². The topological polar surface area (TPSA) is 79.0 Å². The summed E-state index contributed by atoms with van der Waals surface area (Å²) >= 11 is 0. The van der Waals surface area contributed by atoms with Crippen LogP contribution >= 0.6 is 0 Å². The molecule has 3 fully saturated rings. The number of rotatable bonds is 9. The van der Waals surface area contributed by atoms with E-state index in [2.05, 4.69) is 9.62 Å². The van der Waals surface area contributed by atoms with E-state index in [0.717, 1.165) is 70.4 Å². The summed E-state index contributed by atoms with van der Waals surface area (Å²) in [7, 11) is -3.37. The number of nitrogens with zero attached hydrogens (tertiary/aromatic N) is 2. The second-order valence-corrected chi connectivity index (χ2v) is 10.9. The lowest BCUT2D eigenvalue weighted by Crippen LogP contribution is -2.53. The molecular weight excluding hydrogens is 414 g/mol. The molecule has 31 heavy (non-hydrogen) atoms. The Hall–Kier alpha value is -1.48. The minimum Gasteiger partial charge on any atom is -0.381 e. The number of amides is 1. The van der Waals surface area contributed by atoms with Gasteiger partial charge in [0.1, 0.15) is 0 Å². The lowest BCUT2D eigenvalue weighted by molar-refractivity contribution is -0.134. The first-order valence-corrected chi connectivity index (χ1v) is 13.3. The van der Waals surface area contributed by atoms with Gasteiger partial charge in [0.25, 0.3) is 0 Å². The average molecular weight is 450 g/mol. The van der Waals surface area contributed by atoms with Gasteiger partial charge >= 0.3 is 0 Å². The van der Waals surface area contributed by atoms with Crippen molar-refractivity contribution in [2.45, 2.75) is 56.4 Å². The summed E-state index contributed by atoms with van der Waals surface area (Å²) < 4.78 is 33.4. The summed E-state index contributed by atoms with van der Waals surface area (Å²) in [6, 6.07) is 10.1. The number of piperidine rings is 1. The van der Waals surface area contributed by atoms with Crippen molar-refractivity contribution in [2.24, 2.45) is 5.92 Å². The van der Waals surface area contributed by atoms with E-state index in [1.165, 1.54) is 0 Å². The lowest BCUT2D eigenvalue weighted by Gasteiger charge is -2.43. The number of carbonyl (C=O) groups excluding carboxylic acids is 1. The third-order valence-electron chi connectivity index (χ3n) is 6.72. The molecule has 4 rings (SSSR count). The van der Waals surface area contributed by atoms with E-state index in [4.69, 9.17) is 4.74 Å². The Morgan fingerprint density at radius 2 is 1.65 bits per heavy atom. The SMILES string of the molecule is O=C(C1CC1)N1CCC(N(CCNS(=O)(=O)Cc2ccccc2)C2CCOCC2)CC1. The summed E-state index contributed by atoms with van der Waals surface area (Å²) in [5.41, 5.74) is 0.795. The zero-order chi connectivity index (χ0) is 21.7. The molecule has 1 saturated carbocycles. The standard InChI is InChI=1S/C23H35N3O4S/c27-23(20-6-7-20)25-13-8-21(9-14-25)26(22-10-16-30-17-11-22)15-12-24-31(28,29)18-19-4-2-1-3-5-19/h1-5,20-22,24H,6-18H2. The molecule has 2 saturated heterocycles. The molecule has 0 unspecified atom stereocenters. The molecule has 2 aliphatic heterocycles. The first-order chi connectivity index (χ1) is 15.0. The van der Waals surface area contributed by atoms with Crippen molar-refractivity contribution < 1.29 is 17.9 Å². The van der Waals surface area contributed by atoms with Gasteiger partial charge in [0.05, 0.1) is 5.75 Å². The maximum atomic E-state index is 12.5. The fourth-order valence-corrected chi connectivity index (χ4v) is 6.00. The summed E-state index contributed by atoms with van der Waals surface area (Å²) in [5.74, 6) is 0.624. The van der Waals surface area contributed by atoms with Gasteiger partial charge in [-0.1, -0.05) is 30.3 Å². The van der Waals surface area contributed by atoms with Crippen molar-refractivity contribution in [3.05, 3.63) is 35.9 Å². The van der Waals surface area contributed by atoms with Crippen LogP contribution in [-0.4, -0.2) is 75.6 Å². The molecule has 1 aromatic carbocycles. The highest BCUT2D eigenvalue weighted by atomic mass is 32.2. The zero-order valence-electron chi connectivity index (χ0n) is 18.2.